The molecule has 0 spiro atoms. The molecule has 7 heteroatoms. The standard InChI is InChI=1S/C20H26N2S5/c1-24-18-13-20(25-2,26-3)16-12-15(10-11-17(16)27(18)4)22-19(23)21-14-8-6-5-7-9-14/h5-12,18,27H,13H2,1-4H3,(H2,21,22,23). The van der Waals surface area contributed by atoms with Gasteiger partial charge in [-0.3, -0.25) is 0 Å². The number of thioether (sulfide) groups is 3. The van der Waals surface area contributed by atoms with Crippen LogP contribution in [0.4, 0.5) is 11.4 Å². The van der Waals surface area contributed by atoms with Crippen molar-refractivity contribution in [2.75, 3.05) is 35.7 Å². The number of thiol groups is 1. The van der Waals surface area contributed by atoms with Gasteiger partial charge in [0.2, 0.25) is 0 Å². The minimum absolute atomic E-state index is 0.115. The lowest BCUT2D eigenvalue weighted by molar-refractivity contribution is 0.784. The molecule has 2 aromatic rings. The van der Waals surface area contributed by atoms with Gasteiger partial charge in [-0.1, -0.05) is 18.2 Å². The summed E-state index contributed by atoms with van der Waals surface area (Å²) in [6.45, 7) is 0. The zero-order valence-corrected chi connectivity index (χ0v) is 20.1. The van der Waals surface area contributed by atoms with E-state index < -0.39 is 0 Å². The summed E-state index contributed by atoms with van der Waals surface area (Å²) in [6.07, 6.45) is 10.4. The van der Waals surface area contributed by atoms with Gasteiger partial charge >= 0.3 is 0 Å². The van der Waals surface area contributed by atoms with Crippen molar-refractivity contribution < 1.29 is 0 Å². The highest BCUT2D eigenvalue weighted by atomic mass is 32.2. The fraction of sp³-hybridized carbons (Fsp3) is 0.350. The van der Waals surface area contributed by atoms with Crippen LogP contribution >= 0.6 is 58.4 Å². The lowest BCUT2D eigenvalue weighted by atomic mass is 10.1. The van der Waals surface area contributed by atoms with Gasteiger partial charge in [-0.05, 0) is 84.5 Å². The van der Waals surface area contributed by atoms with E-state index in [-0.39, 0.29) is 15.0 Å². The van der Waals surface area contributed by atoms with Gasteiger partial charge in [0.1, 0.15) is 0 Å². The van der Waals surface area contributed by atoms with Crippen molar-refractivity contribution in [2.45, 2.75) is 20.0 Å². The quantitative estimate of drug-likeness (QED) is 0.272. The Morgan fingerprint density at radius 3 is 2.33 bits per heavy atom. The van der Waals surface area contributed by atoms with Crippen molar-refractivity contribution in [3.8, 4) is 0 Å². The van der Waals surface area contributed by atoms with Gasteiger partial charge in [0.25, 0.3) is 0 Å². The maximum atomic E-state index is 5.52. The van der Waals surface area contributed by atoms with Gasteiger partial charge in [0, 0.05) is 16.0 Å². The van der Waals surface area contributed by atoms with E-state index in [1.54, 1.807) is 0 Å². The van der Waals surface area contributed by atoms with Crippen LogP contribution in [0.15, 0.2) is 53.4 Å². The Hall–Kier alpha value is -0.470. The molecule has 27 heavy (non-hydrogen) atoms. The summed E-state index contributed by atoms with van der Waals surface area (Å²) in [5.74, 6) is 0. The molecule has 0 fully saturated rings. The smallest absolute Gasteiger partial charge is 0.175 e. The minimum atomic E-state index is -0.153. The Balaban J connectivity index is 1.87. The van der Waals surface area contributed by atoms with E-state index in [1.165, 1.54) is 16.9 Å². The first-order chi connectivity index (χ1) is 13.0. The fourth-order valence-corrected chi connectivity index (χ4v) is 10.2. The van der Waals surface area contributed by atoms with Gasteiger partial charge in [-0.2, -0.15) is 11.8 Å². The van der Waals surface area contributed by atoms with Crippen LogP contribution in [0.3, 0.4) is 0 Å². The van der Waals surface area contributed by atoms with Crippen LogP contribution in [-0.2, 0) is 4.08 Å². The van der Waals surface area contributed by atoms with Crippen LogP contribution in [0.1, 0.15) is 12.0 Å². The molecule has 2 N–H and O–H groups in total. The molecule has 0 saturated heterocycles. The van der Waals surface area contributed by atoms with Crippen molar-refractivity contribution in [1.29, 1.82) is 0 Å². The fourth-order valence-electron chi connectivity index (χ4n) is 3.38. The molecule has 0 saturated carbocycles. The molecule has 2 atom stereocenters. The minimum Gasteiger partial charge on any atom is -0.332 e. The number of anilines is 2. The second-order valence-electron chi connectivity index (χ2n) is 6.34. The Morgan fingerprint density at radius 1 is 1.04 bits per heavy atom. The normalized spacial score (nSPS) is 21.9. The third-order valence-electron chi connectivity index (χ3n) is 4.88. The maximum absolute atomic E-state index is 5.52. The zero-order valence-electron chi connectivity index (χ0n) is 16.0. The lowest BCUT2D eigenvalue weighted by Gasteiger charge is -2.45. The third kappa shape index (κ3) is 4.58. The Bertz CT molecular complexity index is 792. The number of fused-ring (bicyclic) bond motifs is 1. The summed E-state index contributed by atoms with van der Waals surface area (Å²) in [6, 6.07) is 16.8. The van der Waals surface area contributed by atoms with Crippen molar-refractivity contribution in [3.05, 3.63) is 54.1 Å². The highest BCUT2D eigenvalue weighted by Crippen LogP contribution is 2.62. The highest BCUT2D eigenvalue weighted by Gasteiger charge is 2.41. The van der Waals surface area contributed by atoms with E-state index >= 15 is 0 Å². The monoisotopic (exact) mass is 454 g/mol. The number of hydrogen-bond donors (Lipinski definition) is 3. The van der Waals surface area contributed by atoms with Crippen molar-refractivity contribution >= 4 is 74.9 Å². The first-order valence-corrected chi connectivity index (χ1v) is 14.7. The molecular formula is C20H26N2S5. The molecule has 0 bridgehead atoms. The van der Waals surface area contributed by atoms with Crippen LogP contribution < -0.4 is 10.6 Å². The molecule has 1 heterocycles. The topological polar surface area (TPSA) is 24.1 Å². The Kier molecular flexibility index (Phi) is 7.36. The SMILES string of the molecule is CSC1CC(SC)(SC)c2cc(NC(=S)Nc3ccccc3)ccc2[SH]1C. The van der Waals surface area contributed by atoms with E-state index in [9.17, 15) is 0 Å². The van der Waals surface area contributed by atoms with E-state index in [1.807, 2.05) is 65.6 Å². The second-order valence-corrected chi connectivity index (χ2v) is 12.9. The first kappa shape index (κ1) is 21.2. The highest BCUT2D eigenvalue weighted by molar-refractivity contribution is 8.27. The Labute approximate surface area is 183 Å². The molecule has 0 aromatic heterocycles. The summed E-state index contributed by atoms with van der Waals surface area (Å²) in [5, 5.41) is 7.25. The molecular weight excluding hydrogens is 429 g/mol. The van der Waals surface area contributed by atoms with Gasteiger partial charge in [0.05, 0.1) is 4.08 Å². The maximum Gasteiger partial charge on any atom is 0.175 e. The van der Waals surface area contributed by atoms with E-state index in [4.69, 9.17) is 12.2 Å². The van der Waals surface area contributed by atoms with Crippen LogP contribution in [-0.4, -0.2) is 34.7 Å². The average Bonchev–Trinajstić information content (AvgIpc) is 2.69. The summed E-state index contributed by atoms with van der Waals surface area (Å²) in [4.78, 5) is 1.53. The Morgan fingerprint density at radius 2 is 1.70 bits per heavy atom. The predicted octanol–water partition coefficient (Wildman–Crippen LogP) is 6.46. The lowest BCUT2D eigenvalue weighted by Crippen LogP contribution is -2.29. The molecule has 2 aromatic carbocycles. The number of rotatable bonds is 5. The summed E-state index contributed by atoms with van der Waals surface area (Å²) in [7, 11) is -0.153. The predicted molar refractivity (Wildman–Crippen MR) is 137 cm³/mol. The van der Waals surface area contributed by atoms with Crippen LogP contribution in [0.5, 0.6) is 0 Å². The molecule has 146 valence electrons. The molecule has 2 nitrogen and oxygen atoms in total. The van der Waals surface area contributed by atoms with Crippen LogP contribution in [0, 0.1) is 0 Å². The first-order valence-electron chi connectivity index (χ1n) is 8.66. The number of benzene rings is 2. The molecule has 1 aliphatic rings. The molecule has 0 amide bonds. The summed E-state index contributed by atoms with van der Waals surface area (Å²) >= 11 is 11.5. The molecule has 0 aliphatic carbocycles. The number of para-hydroxylation sites is 1. The van der Waals surface area contributed by atoms with E-state index in [0.717, 1.165) is 11.4 Å². The average molecular weight is 455 g/mol. The van der Waals surface area contributed by atoms with Gasteiger partial charge in [-0.25, -0.2) is 10.9 Å². The molecule has 1 aliphatic heterocycles. The number of hydrogen-bond acceptors (Lipinski definition) is 4. The zero-order chi connectivity index (χ0) is 19.4. The van der Waals surface area contributed by atoms with E-state index in [0.29, 0.717) is 9.69 Å². The number of nitrogens with one attached hydrogen (secondary N) is 2. The van der Waals surface area contributed by atoms with Crippen molar-refractivity contribution in [3.63, 3.8) is 0 Å². The molecule has 2 unspecified atom stereocenters. The third-order valence-corrected chi connectivity index (χ3v) is 12.7. The largest absolute Gasteiger partial charge is 0.332 e. The number of thiocarbonyl (C=S) groups is 1. The van der Waals surface area contributed by atoms with Crippen molar-refractivity contribution in [2.24, 2.45) is 0 Å². The molecule has 3 rings (SSSR count). The summed E-state index contributed by atoms with van der Waals surface area (Å²) < 4.78 is 0.830. The van der Waals surface area contributed by atoms with Crippen LogP contribution in [0.2, 0.25) is 0 Å². The second kappa shape index (κ2) is 9.35. The molecule has 0 radical (unpaired) electrons. The van der Waals surface area contributed by atoms with Gasteiger partial charge < -0.3 is 10.6 Å². The summed E-state index contributed by atoms with van der Waals surface area (Å²) in [5.41, 5.74) is 3.52. The van der Waals surface area contributed by atoms with E-state index in [2.05, 4.69) is 53.9 Å². The van der Waals surface area contributed by atoms with Gasteiger partial charge in [-0.15, -0.1) is 23.5 Å². The van der Waals surface area contributed by atoms with Gasteiger partial charge in [0.15, 0.2) is 5.11 Å². The van der Waals surface area contributed by atoms with Crippen LogP contribution in [0.25, 0.3) is 0 Å². The van der Waals surface area contributed by atoms with Crippen molar-refractivity contribution in [1.82, 2.24) is 0 Å².